The number of hydrogen-bond acceptors (Lipinski definition) is 2. The van der Waals surface area contributed by atoms with Gasteiger partial charge in [-0.3, -0.25) is 4.79 Å². The second kappa shape index (κ2) is 9.64. The summed E-state index contributed by atoms with van der Waals surface area (Å²) in [5.74, 6) is -0.0745. The summed E-state index contributed by atoms with van der Waals surface area (Å²) >= 11 is 0. The van der Waals surface area contributed by atoms with Crippen LogP contribution in [0.5, 0.6) is 0 Å². The molecule has 3 heteroatoms. The Balaban J connectivity index is 3.42. The zero-order chi connectivity index (χ0) is 12.4. The Morgan fingerprint density at radius 1 is 1.19 bits per heavy atom. The molecule has 2 N–H and O–H groups in total. The molecule has 0 aromatic heterocycles. The van der Waals surface area contributed by atoms with Crippen molar-refractivity contribution in [3.05, 3.63) is 0 Å². The van der Waals surface area contributed by atoms with Crippen LogP contribution < -0.4 is 5.32 Å². The Labute approximate surface area is 99.6 Å². The minimum absolute atomic E-state index is 0.0745. The topological polar surface area (TPSA) is 49.3 Å². The number of aliphatic hydroxyl groups excluding tert-OH is 1. The molecule has 0 radical (unpaired) electrons. The molecular formula is C13H27NO2. The van der Waals surface area contributed by atoms with Gasteiger partial charge in [-0.1, -0.05) is 45.4 Å². The van der Waals surface area contributed by atoms with Crippen molar-refractivity contribution in [1.29, 1.82) is 0 Å². The summed E-state index contributed by atoms with van der Waals surface area (Å²) in [6, 6.07) is -0.131. The lowest BCUT2D eigenvalue weighted by molar-refractivity contribution is -0.120. The van der Waals surface area contributed by atoms with Crippen LogP contribution in [-0.2, 0) is 4.79 Å². The molecule has 0 heterocycles. The molecular weight excluding hydrogens is 202 g/mol. The molecule has 96 valence electrons. The summed E-state index contributed by atoms with van der Waals surface area (Å²) in [5.41, 5.74) is 0. The lowest BCUT2D eigenvalue weighted by Gasteiger charge is -2.19. The van der Waals surface area contributed by atoms with Gasteiger partial charge in [-0.15, -0.1) is 0 Å². The van der Waals surface area contributed by atoms with Crippen molar-refractivity contribution in [2.24, 2.45) is 0 Å². The van der Waals surface area contributed by atoms with Crippen molar-refractivity contribution < 1.29 is 9.90 Å². The second-order valence-electron chi connectivity index (χ2n) is 4.61. The molecule has 0 aliphatic carbocycles. The Bertz CT molecular complexity index is 183. The fourth-order valence-electron chi connectivity index (χ4n) is 1.80. The average molecular weight is 229 g/mol. The summed E-state index contributed by atoms with van der Waals surface area (Å²) in [6.07, 6.45) is 7.75. The summed E-state index contributed by atoms with van der Waals surface area (Å²) in [4.78, 5) is 10.8. The Hall–Kier alpha value is -0.570. The Morgan fingerprint density at radius 3 is 2.31 bits per heavy atom. The van der Waals surface area contributed by atoms with E-state index in [2.05, 4.69) is 12.2 Å². The minimum Gasteiger partial charge on any atom is -0.391 e. The van der Waals surface area contributed by atoms with E-state index in [1.807, 2.05) is 6.92 Å². The molecule has 0 rings (SSSR count). The zero-order valence-electron chi connectivity index (χ0n) is 11.0. The molecule has 2 unspecified atom stereocenters. The third-order valence-electron chi connectivity index (χ3n) is 2.86. The largest absolute Gasteiger partial charge is 0.391 e. The summed E-state index contributed by atoms with van der Waals surface area (Å²) < 4.78 is 0. The van der Waals surface area contributed by atoms with Crippen molar-refractivity contribution in [2.75, 3.05) is 0 Å². The third-order valence-corrected chi connectivity index (χ3v) is 2.86. The summed E-state index contributed by atoms with van der Waals surface area (Å²) in [7, 11) is 0. The first-order chi connectivity index (χ1) is 7.57. The van der Waals surface area contributed by atoms with E-state index in [1.165, 1.54) is 39.0 Å². The normalized spacial score (nSPS) is 14.5. The molecule has 0 aromatic rings. The monoisotopic (exact) mass is 229 g/mol. The van der Waals surface area contributed by atoms with Gasteiger partial charge in [0.2, 0.25) is 5.91 Å². The van der Waals surface area contributed by atoms with Crippen molar-refractivity contribution in [3.8, 4) is 0 Å². The van der Waals surface area contributed by atoms with Crippen LogP contribution in [0.3, 0.4) is 0 Å². The fourth-order valence-corrected chi connectivity index (χ4v) is 1.80. The van der Waals surface area contributed by atoms with Gasteiger partial charge >= 0.3 is 0 Å². The second-order valence-corrected chi connectivity index (χ2v) is 4.61. The molecule has 3 nitrogen and oxygen atoms in total. The lowest BCUT2D eigenvalue weighted by Crippen LogP contribution is -2.39. The van der Waals surface area contributed by atoms with E-state index in [1.54, 1.807) is 0 Å². The maximum Gasteiger partial charge on any atom is 0.217 e. The van der Waals surface area contributed by atoms with E-state index in [4.69, 9.17) is 0 Å². The Kier molecular flexibility index (Phi) is 9.30. The highest BCUT2D eigenvalue weighted by Crippen LogP contribution is 2.10. The van der Waals surface area contributed by atoms with Gasteiger partial charge in [-0.05, 0) is 13.3 Å². The highest BCUT2D eigenvalue weighted by atomic mass is 16.3. The predicted molar refractivity (Wildman–Crippen MR) is 67.3 cm³/mol. The van der Waals surface area contributed by atoms with Gasteiger partial charge in [0.15, 0.2) is 0 Å². The number of carbonyl (C=O) groups is 1. The standard InChI is InChI=1S/C13H27NO2/c1-4-5-6-7-8-9-10-13(16)11(2)14-12(3)15/h11,13,16H,4-10H2,1-3H3,(H,14,15). The van der Waals surface area contributed by atoms with Gasteiger partial charge in [0.25, 0.3) is 0 Å². The van der Waals surface area contributed by atoms with E-state index < -0.39 is 6.10 Å². The maximum atomic E-state index is 10.8. The zero-order valence-corrected chi connectivity index (χ0v) is 11.0. The van der Waals surface area contributed by atoms with Crippen LogP contribution in [0.1, 0.15) is 65.7 Å². The van der Waals surface area contributed by atoms with E-state index in [9.17, 15) is 9.90 Å². The van der Waals surface area contributed by atoms with Crippen LogP contribution in [0.15, 0.2) is 0 Å². The number of carbonyl (C=O) groups excluding carboxylic acids is 1. The SMILES string of the molecule is CCCCCCCCC(O)C(C)NC(C)=O. The quantitative estimate of drug-likeness (QED) is 0.597. The summed E-state index contributed by atoms with van der Waals surface area (Å²) in [6.45, 7) is 5.54. The molecule has 0 aliphatic heterocycles. The third kappa shape index (κ3) is 8.72. The molecule has 1 amide bonds. The van der Waals surface area contributed by atoms with E-state index in [0.717, 1.165) is 12.8 Å². The van der Waals surface area contributed by atoms with Gasteiger partial charge in [0.1, 0.15) is 0 Å². The molecule has 2 atom stereocenters. The minimum atomic E-state index is -0.407. The van der Waals surface area contributed by atoms with Gasteiger partial charge in [-0.2, -0.15) is 0 Å². The predicted octanol–water partition coefficient (Wildman–Crippen LogP) is 2.62. The van der Waals surface area contributed by atoms with Crippen LogP contribution in [0.2, 0.25) is 0 Å². The van der Waals surface area contributed by atoms with Crippen LogP contribution in [0, 0.1) is 0 Å². The maximum absolute atomic E-state index is 10.8. The lowest BCUT2D eigenvalue weighted by atomic mass is 10.0. The molecule has 0 aromatic carbocycles. The first-order valence-electron chi connectivity index (χ1n) is 6.53. The van der Waals surface area contributed by atoms with E-state index in [0.29, 0.717) is 0 Å². The number of amides is 1. The molecule has 0 aliphatic rings. The van der Waals surface area contributed by atoms with Crippen molar-refractivity contribution in [1.82, 2.24) is 5.32 Å². The van der Waals surface area contributed by atoms with Gasteiger partial charge < -0.3 is 10.4 Å². The number of rotatable bonds is 9. The number of unbranched alkanes of at least 4 members (excludes halogenated alkanes) is 5. The average Bonchev–Trinajstić information content (AvgIpc) is 2.21. The van der Waals surface area contributed by atoms with Gasteiger partial charge in [0.05, 0.1) is 12.1 Å². The molecule has 0 bridgehead atoms. The first kappa shape index (κ1) is 15.4. The molecule has 0 spiro atoms. The number of aliphatic hydroxyl groups is 1. The van der Waals surface area contributed by atoms with Gasteiger partial charge in [-0.25, -0.2) is 0 Å². The van der Waals surface area contributed by atoms with Crippen molar-refractivity contribution in [3.63, 3.8) is 0 Å². The van der Waals surface area contributed by atoms with Gasteiger partial charge in [0, 0.05) is 6.92 Å². The Morgan fingerprint density at radius 2 is 1.75 bits per heavy atom. The smallest absolute Gasteiger partial charge is 0.217 e. The number of nitrogens with one attached hydrogen (secondary N) is 1. The van der Waals surface area contributed by atoms with Crippen LogP contribution in [0.25, 0.3) is 0 Å². The molecule has 0 saturated heterocycles. The van der Waals surface area contributed by atoms with E-state index in [-0.39, 0.29) is 11.9 Å². The number of hydrogen-bond donors (Lipinski definition) is 2. The van der Waals surface area contributed by atoms with Crippen LogP contribution in [0.4, 0.5) is 0 Å². The highest BCUT2D eigenvalue weighted by molar-refractivity contribution is 5.73. The molecule has 0 fully saturated rings. The first-order valence-corrected chi connectivity index (χ1v) is 6.53. The molecule has 0 saturated carbocycles. The van der Waals surface area contributed by atoms with Crippen molar-refractivity contribution in [2.45, 2.75) is 77.9 Å². The van der Waals surface area contributed by atoms with E-state index >= 15 is 0 Å². The van der Waals surface area contributed by atoms with Crippen molar-refractivity contribution >= 4 is 5.91 Å². The fraction of sp³-hybridized carbons (Fsp3) is 0.923. The van der Waals surface area contributed by atoms with Crippen LogP contribution in [-0.4, -0.2) is 23.2 Å². The summed E-state index contributed by atoms with van der Waals surface area (Å²) in [5, 5.41) is 12.5. The molecule has 16 heavy (non-hydrogen) atoms. The van der Waals surface area contributed by atoms with Crippen LogP contribution >= 0.6 is 0 Å². The highest BCUT2D eigenvalue weighted by Gasteiger charge is 2.13.